The number of carbonyl (C=O) groups excluding carboxylic acids is 2. The highest BCUT2D eigenvalue weighted by atomic mass is 32.2. The van der Waals surface area contributed by atoms with Gasteiger partial charge in [0.05, 0.1) is 44.7 Å². The van der Waals surface area contributed by atoms with Gasteiger partial charge in [0.15, 0.2) is 22.9 Å². The van der Waals surface area contributed by atoms with Crippen molar-refractivity contribution in [3.8, 4) is 22.5 Å². The average Bonchev–Trinajstić information content (AvgIpc) is 3.74. The van der Waals surface area contributed by atoms with Gasteiger partial charge in [-0.25, -0.2) is 46.2 Å². The number of nitrogens with one attached hydrogen (secondary N) is 4. The van der Waals surface area contributed by atoms with Crippen molar-refractivity contribution in [1.29, 1.82) is 0 Å². The van der Waals surface area contributed by atoms with E-state index >= 15 is 0 Å². The summed E-state index contributed by atoms with van der Waals surface area (Å²) in [5.41, 5.74) is 4.02. The van der Waals surface area contributed by atoms with Gasteiger partial charge in [-0.1, -0.05) is 65.8 Å². The van der Waals surface area contributed by atoms with Crippen LogP contribution in [0.1, 0.15) is 62.3 Å². The number of aromatic amines is 2. The molecule has 4 heterocycles. The minimum atomic E-state index is -3.56. The summed E-state index contributed by atoms with van der Waals surface area (Å²) in [7, 11) is -4.40. The third-order valence-corrected chi connectivity index (χ3v) is 10.9. The van der Waals surface area contributed by atoms with Gasteiger partial charge in [-0.3, -0.25) is 9.59 Å². The Morgan fingerprint density at radius 2 is 0.981 bits per heavy atom. The molecule has 4 N–H and O–H groups in total. The summed E-state index contributed by atoms with van der Waals surface area (Å²) in [5, 5.41) is 0. The topological polar surface area (TPSA) is 210 Å². The molecule has 0 saturated heterocycles. The molecule has 0 unspecified atom stereocenters. The highest BCUT2D eigenvalue weighted by Gasteiger charge is 2.28. The first-order valence-corrected chi connectivity index (χ1v) is 19.1. The monoisotopic (exact) mass is 744 g/mol. The minimum absolute atomic E-state index is 0.0401. The standard InChI is InChI=1S/2C18H20N4O3S/c2*1-18(2,3)16(23)13-9-20-17-15(13)22-14(10-21-17)11-6-5-7-12(8-11)26(24,25)19-4/h2*5-10,19H,1-4H3,(H,20,21). The van der Waals surface area contributed by atoms with E-state index < -0.39 is 30.9 Å². The zero-order valence-electron chi connectivity index (χ0n) is 30.0. The number of H-pyrrole nitrogens is 2. The van der Waals surface area contributed by atoms with Crippen LogP contribution < -0.4 is 9.44 Å². The van der Waals surface area contributed by atoms with Crippen LogP contribution in [0, 0.1) is 10.8 Å². The number of benzene rings is 2. The summed E-state index contributed by atoms with van der Waals surface area (Å²) < 4.78 is 52.6. The van der Waals surface area contributed by atoms with E-state index in [1.54, 1.807) is 49.1 Å². The third kappa shape index (κ3) is 7.84. The third-order valence-electron chi connectivity index (χ3n) is 8.03. The normalized spacial score (nSPS) is 12.5. The lowest BCUT2D eigenvalue weighted by Crippen LogP contribution is -2.20. The molecule has 52 heavy (non-hydrogen) atoms. The molecule has 0 saturated carbocycles. The Labute approximate surface area is 302 Å². The Kier molecular flexibility index (Phi) is 10.3. The fourth-order valence-electron chi connectivity index (χ4n) is 5.10. The van der Waals surface area contributed by atoms with Crippen LogP contribution in [-0.2, 0) is 20.0 Å². The van der Waals surface area contributed by atoms with Gasteiger partial charge < -0.3 is 9.97 Å². The second-order valence-corrected chi connectivity index (χ2v) is 17.7. The zero-order valence-corrected chi connectivity index (χ0v) is 31.6. The second kappa shape index (κ2) is 14.1. The number of ketones is 2. The molecule has 0 spiro atoms. The summed E-state index contributed by atoms with van der Waals surface area (Å²) in [5.74, 6) is -0.0802. The zero-order chi connectivity index (χ0) is 38.2. The maximum atomic E-state index is 12.6. The minimum Gasteiger partial charge on any atom is -0.344 e. The van der Waals surface area contributed by atoms with E-state index in [2.05, 4.69) is 39.3 Å². The molecular weight excluding hydrogens is 705 g/mol. The van der Waals surface area contributed by atoms with Crippen molar-refractivity contribution in [3.05, 3.63) is 84.4 Å². The smallest absolute Gasteiger partial charge is 0.240 e. The highest BCUT2D eigenvalue weighted by molar-refractivity contribution is 7.89. The van der Waals surface area contributed by atoms with Crippen molar-refractivity contribution in [2.45, 2.75) is 51.3 Å². The van der Waals surface area contributed by atoms with Crippen molar-refractivity contribution in [2.75, 3.05) is 14.1 Å². The van der Waals surface area contributed by atoms with Crippen LogP contribution in [0.25, 0.3) is 44.8 Å². The van der Waals surface area contributed by atoms with E-state index in [9.17, 15) is 26.4 Å². The van der Waals surface area contributed by atoms with Gasteiger partial charge in [0.2, 0.25) is 20.0 Å². The molecule has 2 aromatic carbocycles. The number of sulfonamides is 2. The van der Waals surface area contributed by atoms with Gasteiger partial charge >= 0.3 is 0 Å². The molecule has 0 aliphatic rings. The molecule has 14 nitrogen and oxygen atoms in total. The van der Waals surface area contributed by atoms with Crippen molar-refractivity contribution >= 4 is 53.9 Å². The summed E-state index contributed by atoms with van der Waals surface area (Å²) in [6.45, 7) is 11.1. The number of carbonyl (C=O) groups is 2. The SMILES string of the molecule is CNS(=O)(=O)c1cccc(-c2cnc3[nH]cc(C(=O)C(C)(C)C)c3n2)c1.CNS(=O)(=O)c1cccc(-c2cnc3[nH]cc(C(=O)C(C)(C)C)c3n2)c1. The molecule has 0 radical (unpaired) electrons. The fraction of sp³-hybridized carbons (Fsp3) is 0.278. The molecule has 0 amide bonds. The van der Waals surface area contributed by atoms with Crippen LogP contribution in [0.5, 0.6) is 0 Å². The number of rotatable bonds is 8. The Morgan fingerprint density at radius 1 is 0.615 bits per heavy atom. The molecule has 0 aliphatic heterocycles. The van der Waals surface area contributed by atoms with E-state index in [4.69, 9.17) is 0 Å². The van der Waals surface area contributed by atoms with E-state index in [1.165, 1.54) is 38.4 Å². The van der Waals surface area contributed by atoms with Gasteiger partial charge in [0, 0.05) is 34.4 Å². The maximum absolute atomic E-state index is 12.6. The first-order chi connectivity index (χ1) is 24.3. The van der Waals surface area contributed by atoms with E-state index in [0.29, 0.717) is 56.0 Å². The van der Waals surface area contributed by atoms with Gasteiger partial charge in [0.1, 0.15) is 11.0 Å². The number of hydrogen-bond donors (Lipinski definition) is 4. The van der Waals surface area contributed by atoms with Crippen LogP contribution in [0.2, 0.25) is 0 Å². The van der Waals surface area contributed by atoms with Crippen LogP contribution in [-0.4, -0.2) is 72.4 Å². The lowest BCUT2D eigenvalue weighted by Gasteiger charge is -2.15. The molecular formula is C36H40N8O6S2. The molecule has 16 heteroatoms. The van der Waals surface area contributed by atoms with E-state index in [-0.39, 0.29) is 21.4 Å². The Bertz CT molecular complexity index is 2370. The molecule has 6 rings (SSSR count). The van der Waals surface area contributed by atoms with E-state index in [0.717, 1.165) is 0 Å². The largest absolute Gasteiger partial charge is 0.344 e. The fourth-order valence-corrected chi connectivity index (χ4v) is 6.65. The Morgan fingerprint density at radius 3 is 1.31 bits per heavy atom. The van der Waals surface area contributed by atoms with Crippen LogP contribution in [0.3, 0.4) is 0 Å². The average molecular weight is 745 g/mol. The summed E-state index contributed by atoms with van der Waals surface area (Å²) in [6.07, 6.45) is 6.33. The first-order valence-electron chi connectivity index (χ1n) is 16.1. The van der Waals surface area contributed by atoms with Crippen LogP contribution in [0.4, 0.5) is 0 Å². The Hall–Kier alpha value is -5.16. The summed E-state index contributed by atoms with van der Waals surface area (Å²) in [6, 6.07) is 12.9. The van der Waals surface area contributed by atoms with Gasteiger partial charge in [-0.15, -0.1) is 0 Å². The molecule has 0 bridgehead atoms. The lowest BCUT2D eigenvalue weighted by atomic mass is 9.87. The highest BCUT2D eigenvalue weighted by Crippen LogP contribution is 2.29. The van der Waals surface area contributed by atoms with Crippen molar-refractivity contribution in [2.24, 2.45) is 10.8 Å². The van der Waals surface area contributed by atoms with Crippen LogP contribution in [0.15, 0.2) is 83.1 Å². The summed E-state index contributed by atoms with van der Waals surface area (Å²) in [4.78, 5) is 49.2. The van der Waals surface area contributed by atoms with E-state index in [1.807, 2.05) is 41.5 Å². The maximum Gasteiger partial charge on any atom is 0.240 e. The van der Waals surface area contributed by atoms with Crippen molar-refractivity contribution in [1.82, 2.24) is 39.3 Å². The quantitative estimate of drug-likeness (QED) is 0.143. The predicted octanol–water partition coefficient (Wildman–Crippen LogP) is 5.52. The lowest BCUT2D eigenvalue weighted by molar-refractivity contribution is 0.0854. The molecule has 0 fully saturated rings. The number of aromatic nitrogens is 6. The van der Waals surface area contributed by atoms with Crippen molar-refractivity contribution in [3.63, 3.8) is 0 Å². The number of Topliss-reactive ketones (excluding diaryl/α,β-unsaturated/α-hetero) is 2. The molecule has 0 atom stereocenters. The van der Waals surface area contributed by atoms with Crippen LogP contribution >= 0.6 is 0 Å². The van der Waals surface area contributed by atoms with Gasteiger partial charge in [-0.05, 0) is 38.4 Å². The van der Waals surface area contributed by atoms with Crippen molar-refractivity contribution < 1.29 is 26.4 Å². The summed E-state index contributed by atoms with van der Waals surface area (Å²) >= 11 is 0. The number of nitrogens with zero attached hydrogens (tertiary/aromatic N) is 4. The molecule has 272 valence electrons. The Balaban J connectivity index is 0.000000201. The number of hydrogen-bond acceptors (Lipinski definition) is 10. The molecule has 6 aromatic rings. The predicted molar refractivity (Wildman–Crippen MR) is 199 cm³/mol. The molecule has 0 aliphatic carbocycles. The van der Waals surface area contributed by atoms with Gasteiger partial charge in [-0.2, -0.15) is 0 Å². The first kappa shape index (κ1) is 38.1. The number of fused-ring (bicyclic) bond motifs is 2. The second-order valence-electron chi connectivity index (χ2n) is 13.9. The van der Waals surface area contributed by atoms with Gasteiger partial charge in [0.25, 0.3) is 0 Å². The molecule has 4 aromatic heterocycles.